The highest BCUT2D eigenvalue weighted by Crippen LogP contribution is 2.21. The van der Waals surface area contributed by atoms with Crippen LogP contribution in [0, 0.1) is 0 Å². The summed E-state index contributed by atoms with van der Waals surface area (Å²) >= 11 is 0. The highest BCUT2D eigenvalue weighted by Gasteiger charge is 2.13. The molecule has 1 aromatic carbocycles. The van der Waals surface area contributed by atoms with E-state index in [9.17, 15) is 8.42 Å². The molecule has 0 spiro atoms. The molecule has 2 aromatic rings. The van der Waals surface area contributed by atoms with Crippen LogP contribution in [0.3, 0.4) is 0 Å². The number of hydrogen-bond acceptors (Lipinski definition) is 6. The molecule has 1 heterocycles. The van der Waals surface area contributed by atoms with Crippen LogP contribution in [0.2, 0.25) is 0 Å². The summed E-state index contributed by atoms with van der Waals surface area (Å²) in [6.07, 6.45) is 1.19. The molecule has 0 aliphatic rings. The molecule has 0 fully saturated rings. The average Bonchev–Trinajstić information content (AvgIpc) is 2.55. The molecule has 0 saturated carbocycles. The number of anilines is 2. The Kier molecular flexibility index (Phi) is 3.16. The minimum atomic E-state index is -3.03. The highest BCUT2D eigenvalue weighted by atomic mass is 32.2. The second-order valence-corrected chi connectivity index (χ2v) is 6.57. The lowest BCUT2D eigenvalue weighted by atomic mass is 10.3. The smallest absolute Gasteiger partial charge is 0.295 e. The van der Waals surface area contributed by atoms with Crippen molar-refractivity contribution in [2.24, 2.45) is 0 Å². The molecule has 1 unspecified atom stereocenters. The zero-order valence-electron chi connectivity index (χ0n) is 10.2. The van der Waals surface area contributed by atoms with Gasteiger partial charge in [0.05, 0.1) is 5.75 Å². The number of rotatable bonds is 4. The van der Waals surface area contributed by atoms with Gasteiger partial charge < -0.3 is 15.5 Å². The zero-order chi connectivity index (χ0) is 13.3. The maximum atomic E-state index is 11.1. The van der Waals surface area contributed by atoms with Crippen LogP contribution in [0.4, 0.5) is 11.7 Å². The fraction of sp³-hybridized carbons (Fsp3) is 0.364. The van der Waals surface area contributed by atoms with Gasteiger partial charge in [0.15, 0.2) is 5.58 Å². The Bertz CT molecular complexity index is 663. The number of benzene rings is 1. The lowest BCUT2D eigenvalue weighted by Gasteiger charge is -2.09. The SMILES string of the molecule is CC(CS(C)(=O)=O)Nc1nc2cc(N)ccc2o1. The number of nitrogens with two attached hydrogens (primary N) is 1. The van der Waals surface area contributed by atoms with Crippen molar-refractivity contribution in [1.82, 2.24) is 4.98 Å². The second-order valence-electron chi connectivity index (χ2n) is 4.38. The van der Waals surface area contributed by atoms with E-state index in [1.54, 1.807) is 25.1 Å². The molecule has 6 nitrogen and oxygen atoms in total. The topological polar surface area (TPSA) is 98.2 Å². The maximum absolute atomic E-state index is 11.1. The minimum absolute atomic E-state index is 0.0217. The van der Waals surface area contributed by atoms with Crippen molar-refractivity contribution in [3.63, 3.8) is 0 Å². The molecule has 98 valence electrons. The fourth-order valence-electron chi connectivity index (χ4n) is 1.71. The number of nitrogens with zero attached hydrogens (tertiary/aromatic N) is 1. The molecule has 0 aliphatic heterocycles. The van der Waals surface area contributed by atoms with Crippen LogP contribution in [0.25, 0.3) is 11.1 Å². The Morgan fingerprint density at radius 2 is 2.22 bits per heavy atom. The number of aromatic nitrogens is 1. The third-order valence-corrected chi connectivity index (χ3v) is 3.44. The number of sulfone groups is 1. The molecule has 0 amide bonds. The normalized spacial score (nSPS) is 13.7. The minimum Gasteiger partial charge on any atom is -0.424 e. The summed E-state index contributed by atoms with van der Waals surface area (Å²) in [5.74, 6) is 0.0217. The van der Waals surface area contributed by atoms with Crippen LogP contribution >= 0.6 is 0 Å². The first-order chi connectivity index (χ1) is 8.33. The van der Waals surface area contributed by atoms with E-state index in [1.807, 2.05) is 0 Å². The van der Waals surface area contributed by atoms with Crippen LogP contribution in [0.5, 0.6) is 0 Å². The van der Waals surface area contributed by atoms with E-state index in [4.69, 9.17) is 10.2 Å². The van der Waals surface area contributed by atoms with E-state index in [0.717, 1.165) is 0 Å². The summed E-state index contributed by atoms with van der Waals surface area (Å²) < 4.78 is 27.7. The summed E-state index contributed by atoms with van der Waals surface area (Å²) in [5, 5.41) is 2.91. The summed E-state index contributed by atoms with van der Waals surface area (Å²) in [6, 6.07) is 5.17. The molecule has 0 aliphatic carbocycles. The van der Waals surface area contributed by atoms with Crippen molar-refractivity contribution >= 4 is 32.6 Å². The van der Waals surface area contributed by atoms with E-state index in [2.05, 4.69) is 10.3 Å². The van der Waals surface area contributed by atoms with Crippen molar-refractivity contribution in [2.45, 2.75) is 13.0 Å². The van der Waals surface area contributed by atoms with Gasteiger partial charge in [0, 0.05) is 18.0 Å². The van der Waals surface area contributed by atoms with Crippen LogP contribution in [-0.4, -0.2) is 31.5 Å². The monoisotopic (exact) mass is 269 g/mol. The van der Waals surface area contributed by atoms with Crippen molar-refractivity contribution in [2.75, 3.05) is 23.1 Å². The quantitative estimate of drug-likeness (QED) is 0.811. The lowest BCUT2D eigenvalue weighted by molar-refractivity contribution is 0.589. The summed E-state index contributed by atoms with van der Waals surface area (Å²) in [6.45, 7) is 1.75. The van der Waals surface area contributed by atoms with Gasteiger partial charge in [-0.25, -0.2) is 8.42 Å². The molecule has 0 saturated heterocycles. The number of oxazole rings is 1. The van der Waals surface area contributed by atoms with Crippen molar-refractivity contribution < 1.29 is 12.8 Å². The fourth-order valence-corrected chi connectivity index (χ4v) is 2.70. The van der Waals surface area contributed by atoms with Crippen LogP contribution in [-0.2, 0) is 9.84 Å². The van der Waals surface area contributed by atoms with Gasteiger partial charge in [-0.1, -0.05) is 0 Å². The van der Waals surface area contributed by atoms with Gasteiger partial charge in [0.2, 0.25) is 0 Å². The maximum Gasteiger partial charge on any atom is 0.295 e. The Morgan fingerprint density at radius 1 is 1.50 bits per heavy atom. The number of fused-ring (bicyclic) bond motifs is 1. The number of hydrogen-bond donors (Lipinski definition) is 2. The van der Waals surface area contributed by atoms with Gasteiger partial charge in [-0.05, 0) is 25.1 Å². The lowest BCUT2D eigenvalue weighted by Crippen LogP contribution is -2.25. The van der Waals surface area contributed by atoms with Gasteiger partial charge in [-0.3, -0.25) is 0 Å². The third kappa shape index (κ3) is 3.13. The molecule has 1 aromatic heterocycles. The standard InChI is InChI=1S/C11H15N3O3S/c1-7(6-18(2,15)16)13-11-14-9-5-8(12)3-4-10(9)17-11/h3-5,7H,6,12H2,1-2H3,(H,13,14). The first kappa shape index (κ1) is 12.7. The molecule has 2 rings (SSSR count). The molecule has 7 heteroatoms. The Labute approximate surface area is 105 Å². The Morgan fingerprint density at radius 3 is 2.89 bits per heavy atom. The predicted molar refractivity (Wildman–Crippen MR) is 71.2 cm³/mol. The summed E-state index contributed by atoms with van der Waals surface area (Å²) in [5.41, 5.74) is 7.49. The van der Waals surface area contributed by atoms with Gasteiger partial charge >= 0.3 is 0 Å². The third-order valence-electron chi connectivity index (χ3n) is 2.33. The molecular formula is C11H15N3O3S. The van der Waals surface area contributed by atoms with Crippen molar-refractivity contribution in [3.8, 4) is 0 Å². The molecule has 18 heavy (non-hydrogen) atoms. The molecule has 1 atom stereocenters. The van der Waals surface area contributed by atoms with Gasteiger partial charge in [-0.2, -0.15) is 4.98 Å². The molecule has 0 bridgehead atoms. The first-order valence-electron chi connectivity index (χ1n) is 5.44. The van der Waals surface area contributed by atoms with Crippen molar-refractivity contribution in [3.05, 3.63) is 18.2 Å². The van der Waals surface area contributed by atoms with Crippen LogP contribution in [0.15, 0.2) is 22.6 Å². The number of nitrogens with one attached hydrogen (secondary N) is 1. The molecular weight excluding hydrogens is 254 g/mol. The number of nitrogen functional groups attached to an aromatic ring is 1. The second kappa shape index (κ2) is 4.49. The Hall–Kier alpha value is -1.76. The van der Waals surface area contributed by atoms with Crippen molar-refractivity contribution in [1.29, 1.82) is 0 Å². The first-order valence-corrected chi connectivity index (χ1v) is 7.50. The van der Waals surface area contributed by atoms with E-state index < -0.39 is 9.84 Å². The van der Waals surface area contributed by atoms with E-state index in [1.165, 1.54) is 6.26 Å². The van der Waals surface area contributed by atoms with E-state index in [-0.39, 0.29) is 11.8 Å². The van der Waals surface area contributed by atoms with E-state index in [0.29, 0.717) is 22.8 Å². The summed E-state index contributed by atoms with van der Waals surface area (Å²) in [4.78, 5) is 4.19. The van der Waals surface area contributed by atoms with Gasteiger partial charge in [0.1, 0.15) is 15.4 Å². The van der Waals surface area contributed by atoms with Crippen LogP contribution < -0.4 is 11.1 Å². The Balaban J connectivity index is 2.17. The van der Waals surface area contributed by atoms with E-state index >= 15 is 0 Å². The predicted octanol–water partition coefficient (Wildman–Crippen LogP) is 1.25. The van der Waals surface area contributed by atoms with Gasteiger partial charge in [0.25, 0.3) is 6.01 Å². The molecule has 3 N–H and O–H groups in total. The largest absolute Gasteiger partial charge is 0.424 e. The zero-order valence-corrected chi connectivity index (χ0v) is 11.0. The highest BCUT2D eigenvalue weighted by molar-refractivity contribution is 7.90. The average molecular weight is 269 g/mol. The summed E-state index contributed by atoms with van der Waals surface area (Å²) in [7, 11) is -3.03. The van der Waals surface area contributed by atoms with Gasteiger partial charge in [-0.15, -0.1) is 0 Å². The molecule has 0 radical (unpaired) electrons. The van der Waals surface area contributed by atoms with Crippen LogP contribution in [0.1, 0.15) is 6.92 Å².